The van der Waals surface area contributed by atoms with Gasteiger partial charge in [-0.15, -0.1) is 0 Å². The van der Waals surface area contributed by atoms with Crippen molar-refractivity contribution in [3.63, 3.8) is 0 Å². The lowest BCUT2D eigenvalue weighted by Crippen LogP contribution is -2.40. The lowest BCUT2D eigenvalue weighted by Gasteiger charge is -2.32. The minimum absolute atomic E-state index is 0.0947. The molecule has 0 saturated carbocycles. The normalized spacial score (nSPS) is 17.5. The summed E-state index contributed by atoms with van der Waals surface area (Å²) in [6.45, 7) is 2.71. The van der Waals surface area contributed by atoms with Crippen LogP contribution in [0.25, 0.3) is 0 Å². The first kappa shape index (κ1) is 22.2. The Bertz CT molecular complexity index is 993. The first-order valence-electron chi connectivity index (χ1n) is 10.00. The predicted molar refractivity (Wildman–Crippen MR) is 113 cm³/mol. The third kappa shape index (κ3) is 5.37. The molecule has 1 atom stereocenters. The van der Waals surface area contributed by atoms with Gasteiger partial charge in [-0.05, 0) is 80.1 Å². The highest BCUT2D eigenvalue weighted by atomic mass is 32.2. The summed E-state index contributed by atoms with van der Waals surface area (Å²) in [5.41, 5.74) is 1.65. The second-order valence-corrected chi connectivity index (χ2v) is 9.53. The number of sulfonamides is 1. The minimum Gasteiger partial charge on any atom is -0.497 e. The molecule has 1 amide bonds. The fourth-order valence-electron chi connectivity index (χ4n) is 3.69. The molecule has 3 rings (SSSR count). The number of benzene rings is 2. The summed E-state index contributed by atoms with van der Waals surface area (Å²) in [6, 6.07) is 10.3. The van der Waals surface area contributed by atoms with Crippen LogP contribution in [0.1, 0.15) is 31.2 Å². The third-order valence-electron chi connectivity index (χ3n) is 5.42. The van der Waals surface area contributed by atoms with Gasteiger partial charge in [-0.2, -0.15) is 4.31 Å². The van der Waals surface area contributed by atoms with E-state index in [2.05, 4.69) is 5.32 Å². The summed E-state index contributed by atoms with van der Waals surface area (Å²) in [5.74, 6) is 0.275. The number of aryl methyl sites for hydroxylation is 1. The molecule has 1 aliphatic rings. The van der Waals surface area contributed by atoms with Crippen LogP contribution in [0.15, 0.2) is 47.4 Å². The van der Waals surface area contributed by atoms with Gasteiger partial charge in [0.2, 0.25) is 15.9 Å². The standard InChI is InChI=1S/C22H27FN2O4S/c1-16-14-19(29-2)8-11-21(16)24-22(26)12-5-17-4-3-13-25(15-17)30(27,28)20-9-6-18(23)7-10-20/h6-11,14,17H,3-5,12-13,15H2,1-2H3,(H,24,26)/t17-/m0/s1. The van der Waals surface area contributed by atoms with Crippen molar-refractivity contribution in [3.8, 4) is 5.75 Å². The van der Waals surface area contributed by atoms with Crippen molar-refractivity contribution in [1.29, 1.82) is 0 Å². The largest absolute Gasteiger partial charge is 0.497 e. The molecule has 0 unspecified atom stereocenters. The molecule has 0 spiro atoms. The summed E-state index contributed by atoms with van der Waals surface area (Å²) >= 11 is 0. The SMILES string of the molecule is COc1ccc(NC(=O)CC[C@@H]2CCCN(S(=O)(=O)c3ccc(F)cc3)C2)c(C)c1. The average molecular weight is 435 g/mol. The van der Waals surface area contributed by atoms with Crippen LogP contribution in [0.4, 0.5) is 10.1 Å². The number of piperidine rings is 1. The van der Waals surface area contributed by atoms with Crippen LogP contribution in [-0.4, -0.2) is 38.8 Å². The number of carbonyl (C=O) groups is 1. The molecule has 30 heavy (non-hydrogen) atoms. The monoisotopic (exact) mass is 434 g/mol. The van der Waals surface area contributed by atoms with Crippen LogP contribution >= 0.6 is 0 Å². The van der Waals surface area contributed by atoms with E-state index in [9.17, 15) is 17.6 Å². The molecule has 0 bridgehead atoms. The number of hydrogen-bond acceptors (Lipinski definition) is 4. The Kier molecular flexibility index (Phi) is 7.10. The number of anilines is 1. The van der Waals surface area contributed by atoms with Gasteiger partial charge in [0.25, 0.3) is 0 Å². The first-order chi connectivity index (χ1) is 14.3. The number of ether oxygens (including phenoxy) is 1. The lowest BCUT2D eigenvalue weighted by molar-refractivity contribution is -0.116. The van der Waals surface area contributed by atoms with Crippen LogP contribution in [0.2, 0.25) is 0 Å². The number of nitrogens with one attached hydrogen (secondary N) is 1. The smallest absolute Gasteiger partial charge is 0.243 e. The second-order valence-electron chi connectivity index (χ2n) is 7.59. The zero-order valence-corrected chi connectivity index (χ0v) is 18.0. The molecular weight excluding hydrogens is 407 g/mol. The first-order valence-corrected chi connectivity index (χ1v) is 11.4. The van der Waals surface area contributed by atoms with Gasteiger partial charge in [0.1, 0.15) is 11.6 Å². The van der Waals surface area contributed by atoms with Gasteiger partial charge in [-0.3, -0.25) is 4.79 Å². The molecule has 1 fully saturated rings. The zero-order valence-electron chi connectivity index (χ0n) is 17.2. The van der Waals surface area contributed by atoms with Gasteiger partial charge in [-0.25, -0.2) is 12.8 Å². The van der Waals surface area contributed by atoms with Crippen molar-refractivity contribution in [2.75, 3.05) is 25.5 Å². The van der Waals surface area contributed by atoms with Crippen LogP contribution in [0.3, 0.4) is 0 Å². The highest BCUT2D eigenvalue weighted by Gasteiger charge is 2.30. The fourth-order valence-corrected chi connectivity index (χ4v) is 5.24. The summed E-state index contributed by atoms with van der Waals surface area (Å²) in [6.07, 6.45) is 2.55. The van der Waals surface area contributed by atoms with E-state index in [0.717, 1.165) is 42.0 Å². The molecule has 1 N–H and O–H groups in total. The van der Waals surface area contributed by atoms with Crippen molar-refractivity contribution in [2.45, 2.75) is 37.5 Å². The molecule has 162 valence electrons. The molecule has 8 heteroatoms. The topological polar surface area (TPSA) is 75.7 Å². The summed E-state index contributed by atoms with van der Waals surface area (Å²) < 4.78 is 45.4. The number of methoxy groups -OCH3 is 1. The molecular formula is C22H27FN2O4S. The van der Waals surface area contributed by atoms with E-state index in [4.69, 9.17) is 4.74 Å². The Morgan fingerprint density at radius 2 is 1.97 bits per heavy atom. The Labute approximate surface area is 177 Å². The van der Waals surface area contributed by atoms with Gasteiger partial charge < -0.3 is 10.1 Å². The van der Waals surface area contributed by atoms with Crippen LogP contribution in [0.5, 0.6) is 5.75 Å². The van der Waals surface area contributed by atoms with E-state index in [1.54, 1.807) is 13.2 Å². The van der Waals surface area contributed by atoms with E-state index in [1.165, 1.54) is 16.4 Å². The second kappa shape index (κ2) is 9.57. The lowest BCUT2D eigenvalue weighted by atomic mass is 9.94. The van der Waals surface area contributed by atoms with Gasteiger partial charge in [0.15, 0.2) is 0 Å². The number of rotatable bonds is 7. The summed E-state index contributed by atoms with van der Waals surface area (Å²) in [4.78, 5) is 12.5. The predicted octanol–water partition coefficient (Wildman–Crippen LogP) is 3.96. The van der Waals surface area contributed by atoms with Crippen molar-refractivity contribution in [3.05, 3.63) is 53.8 Å². The third-order valence-corrected chi connectivity index (χ3v) is 7.30. The highest BCUT2D eigenvalue weighted by Crippen LogP contribution is 2.27. The number of halogens is 1. The summed E-state index contributed by atoms with van der Waals surface area (Å²) in [5, 5.41) is 2.91. The van der Waals surface area contributed by atoms with E-state index < -0.39 is 15.8 Å². The maximum atomic E-state index is 13.1. The number of amides is 1. The molecule has 6 nitrogen and oxygen atoms in total. The van der Waals surface area contributed by atoms with Gasteiger partial charge in [0.05, 0.1) is 12.0 Å². The zero-order chi connectivity index (χ0) is 21.7. The van der Waals surface area contributed by atoms with Crippen LogP contribution in [0, 0.1) is 18.7 Å². The minimum atomic E-state index is -3.66. The number of nitrogens with zero attached hydrogens (tertiary/aromatic N) is 1. The molecule has 2 aromatic carbocycles. The van der Waals surface area contributed by atoms with E-state index in [1.807, 2.05) is 19.1 Å². The van der Waals surface area contributed by atoms with E-state index in [0.29, 0.717) is 25.9 Å². The van der Waals surface area contributed by atoms with Crippen molar-refractivity contribution >= 4 is 21.6 Å². The molecule has 0 aliphatic carbocycles. The number of hydrogen-bond donors (Lipinski definition) is 1. The Morgan fingerprint density at radius 1 is 1.23 bits per heavy atom. The quantitative estimate of drug-likeness (QED) is 0.716. The summed E-state index contributed by atoms with van der Waals surface area (Å²) in [7, 11) is -2.06. The average Bonchev–Trinajstić information content (AvgIpc) is 2.74. The Hall–Kier alpha value is -2.45. The van der Waals surface area contributed by atoms with Crippen molar-refractivity contribution in [2.24, 2.45) is 5.92 Å². The van der Waals surface area contributed by atoms with E-state index in [-0.39, 0.29) is 16.7 Å². The maximum absolute atomic E-state index is 13.1. The molecule has 1 heterocycles. The number of carbonyl (C=O) groups excluding carboxylic acids is 1. The molecule has 2 aromatic rings. The van der Waals surface area contributed by atoms with Gasteiger partial charge >= 0.3 is 0 Å². The fraction of sp³-hybridized carbons (Fsp3) is 0.409. The van der Waals surface area contributed by atoms with Gasteiger partial charge in [-0.1, -0.05) is 0 Å². The van der Waals surface area contributed by atoms with Crippen molar-refractivity contribution in [1.82, 2.24) is 4.31 Å². The maximum Gasteiger partial charge on any atom is 0.243 e. The van der Waals surface area contributed by atoms with Gasteiger partial charge in [0, 0.05) is 25.2 Å². The Balaban J connectivity index is 1.56. The van der Waals surface area contributed by atoms with Crippen LogP contribution in [-0.2, 0) is 14.8 Å². The molecule has 1 saturated heterocycles. The highest BCUT2D eigenvalue weighted by molar-refractivity contribution is 7.89. The van der Waals surface area contributed by atoms with Crippen molar-refractivity contribution < 1.29 is 22.3 Å². The van der Waals surface area contributed by atoms with E-state index >= 15 is 0 Å². The molecule has 1 aliphatic heterocycles. The Morgan fingerprint density at radius 3 is 2.63 bits per heavy atom. The molecule has 0 aromatic heterocycles. The van der Waals surface area contributed by atoms with Crippen LogP contribution < -0.4 is 10.1 Å². The molecule has 0 radical (unpaired) electrons.